The van der Waals surface area contributed by atoms with E-state index in [4.69, 9.17) is 9.47 Å². The zero-order valence-electron chi connectivity index (χ0n) is 7.50. The van der Waals surface area contributed by atoms with Crippen LogP contribution in [0.4, 0.5) is 0 Å². The average molecular weight is 170 g/mol. The molecule has 1 aliphatic carbocycles. The third-order valence-electron chi connectivity index (χ3n) is 2.76. The molecule has 1 unspecified atom stereocenters. The Kier molecular flexibility index (Phi) is 1.65. The Labute approximate surface area is 72.0 Å². The molecule has 0 aromatic rings. The van der Waals surface area contributed by atoms with E-state index in [1.165, 1.54) is 6.92 Å². The van der Waals surface area contributed by atoms with Gasteiger partial charge < -0.3 is 9.47 Å². The predicted molar refractivity (Wildman–Crippen MR) is 42.7 cm³/mol. The molecule has 3 nitrogen and oxygen atoms in total. The zero-order valence-corrected chi connectivity index (χ0v) is 7.50. The van der Waals surface area contributed by atoms with Crippen molar-refractivity contribution in [2.45, 2.75) is 50.9 Å². The van der Waals surface area contributed by atoms with Gasteiger partial charge in [0.05, 0.1) is 5.60 Å². The molecule has 0 spiro atoms. The quantitative estimate of drug-likeness (QED) is 0.439. The highest BCUT2D eigenvalue weighted by molar-refractivity contribution is 5.66. The molecule has 2 aliphatic rings. The highest BCUT2D eigenvalue weighted by atomic mass is 16.6. The topological polar surface area (TPSA) is 38.8 Å². The Morgan fingerprint density at radius 3 is 3.08 bits per heavy atom. The number of carbonyl (C=O) groups excluding carboxylic acids is 1. The van der Waals surface area contributed by atoms with E-state index in [1.807, 2.05) is 0 Å². The van der Waals surface area contributed by atoms with E-state index in [1.54, 1.807) is 0 Å². The summed E-state index contributed by atoms with van der Waals surface area (Å²) in [5.41, 5.74) is 0.0262. The van der Waals surface area contributed by atoms with E-state index in [0.29, 0.717) is 0 Å². The van der Waals surface area contributed by atoms with Crippen molar-refractivity contribution in [2.75, 3.05) is 0 Å². The monoisotopic (exact) mass is 170 g/mol. The third kappa shape index (κ3) is 1.22. The molecule has 0 radical (unpaired) electrons. The zero-order chi connectivity index (χ0) is 8.77. The third-order valence-corrected chi connectivity index (χ3v) is 2.76. The summed E-state index contributed by atoms with van der Waals surface area (Å²) in [6.07, 6.45) is 3.36. The molecular weight excluding hydrogens is 156 g/mol. The standard InChI is InChI=1S/C9H14O3/c1-6(10)11-7-4-3-5-9(2)8(7)12-9/h7-8H,3-5H2,1-2H3/t7?,8-,9-/m0/s1. The molecule has 1 saturated heterocycles. The van der Waals surface area contributed by atoms with E-state index < -0.39 is 0 Å². The molecule has 12 heavy (non-hydrogen) atoms. The van der Waals surface area contributed by atoms with E-state index in [-0.39, 0.29) is 23.8 Å². The summed E-state index contributed by atoms with van der Waals surface area (Å²) in [5.74, 6) is -0.195. The van der Waals surface area contributed by atoms with Crippen LogP contribution >= 0.6 is 0 Å². The number of hydrogen-bond donors (Lipinski definition) is 0. The lowest BCUT2D eigenvalue weighted by molar-refractivity contribution is -0.148. The van der Waals surface area contributed by atoms with Crippen molar-refractivity contribution >= 4 is 5.97 Å². The minimum atomic E-state index is -0.195. The molecule has 1 aliphatic heterocycles. The molecule has 3 heteroatoms. The largest absolute Gasteiger partial charge is 0.460 e. The Morgan fingerprint density at radius 2 is 2.42 bits per heavy atom. The Hall–Kier alpha value is -0.570. The number of fused-ring (bicyclic) bond motifs is 1. The molecule has 1 heterocycles. The highest BCUT2D eigenvalue weighted by Crippen LogP contribution is 2.48. The molecular formula is C9H14O3. The normalized spacial score (nSPS) is 44.8. The first kappa shape index (κ1) is 8.05. The van der Waals surface area contributed by atoms with Crippen LogP contribution in [0.2, 0.25) is 0 Å². The number of esters is 1. The molecule has 0 amide bonds. The minimum absolute atomic E-state index is 0.0150. The number of rotatable bonds is 1. The minimum Gasteiger partial charge on any atom is -0.460 e. The summed E-state index contributed by atoms with van der Waals surface area (Å²) < 4.78 is 10.6. The molecule has 0 bridgehead atoms. The molecule has 2 fully saturated rings. The van der Waals surface area contributed by atoms with Gasteiger partial charge in [0.1, 0.15) is 12.2 Å². The van der Waals surface area contributed by atoms with Gasteiger partial charge in [0.25, 0.3) is 0 Å². The van der Waals surface area contributed by atoms with Gasteiger partial charge in [-0.3, -0.25) is 4.79 Å². The first-order valence-corrected chi connectivity index (χ1v) is 4.47. The lowest BCUT2D eigenvalue weighted by Crippen LogP contribution is -2.31. The van der Waals surface area contributed by atoms with Gasteiger partial charge >= 0.3 is 5.97 Å². The summed E-state index contributed by atoms with van der Waals surface area (Å²) in [4.78, 5) is 10.7. The first-order chi connectivity index (χ1) is 5.62. The van der Waals surface area contributed by atoms with Crippen LogP contribution in [-0.4, -0.2) is 23.8 Å². The maximum absolute atomic E-state index is 10.7. The number of ether oxygens (including phenoxy) is 2. The Bertz CT molecular complexity index is 214. The number of hydrogen-bond acceptors (Lipinski definition) is 3. The van der Waals surface area contributed by atoms with Crippen LogP contribution in [0.25, 0.3) is 0 Å². The van der Waals surface area contributed by atoms with Crippen LogP contribution < -0.4 is 0 Å². The van der Waals surface area contributed by atoms with Crippen LogP contribution in [0.15, 0.2) is 0 Å². The molecule has 1 saturated carbocycles. The summed E-state index contributed by atoms with van der Waals surface area (Å²) in [5, 5.41) is 0. The lowest BCUT2D eigenvalue weighted by Gasteiger charge is -2.21. The number of epoxide rings is 1. The second-order valence-electron chi connectivity index (χ2n) is 3.89. The molecule has 0 aromatic carbocycles. The summed E-state index contributed by atoms with van der Waals surface area (Å²) in [6, 6.07) is 0. The van der Waals surface area contributed by atoms with E-state index in [2.05, 4.69) is 6.92 Å². The van der Waals surface area contributed by atoms with Gasteiger partial charge in [-0.1, -0.05) is 0 Å². The van der Waals surface area contributed by atoms with Gasteiger partial charge in [-0.25, -0.2) is 0 Å². The molecule has 68 valence electrons. The van der Waals surface area contributed by atoms with Gasteiger partial charge in [0, 0.05) is 6.92 Å². The van der Waals surface area contributed by atoms with Crippen molar-refractivity contribution in [3.05, 3.63) is 0 Å². The maximum Gasteiger partial charge on any atom is 0.302 e. The smallest absolute Gasteiger partial charge is 0.302 e. The van der Waals surface area contributed by atoms with E-state index >= 15 is 0 Å². The summed E-state index contributed by atoms with van der Waals surface area (Å²) in [7, 11) is 0. The van der Waals surface area contributed by atoms with Crippen molar-refractivity contribution in [1.29, 1.82) is 0 Å². The Balaban J connectivity index is 1.95. The van der Waals surface area contributed by atoms with Crippen LogP contribution in [0.5, 0.6) is 0 Å². The fourth-order valence-corrected chi connectivity index (χ4v) is 2.07. The van der Waals surface area contributed by atoms with Crippen LogP contribution in [0, 0.1) is 0 Å². The van der Waals surface area contributed by atoms with Crippen LogP contribution in [0.3, 0.4) is 0 Å². The number of carbonyl (C=O) groups is 1. The summed E-state index contributed by atoms with van der Waals surface area (Å²) in [6.45, 7) is 3.54. The van der Waals surface area contributed by atoms with Crippen molar-refractivity contribution in [1.82, 2.24) is 0 Å². The van der Waals surface area contributed by atoms with Crippen molar-refractivity contribution in [3.63, 3.8) is 0 Å². The summed E-state index contributed by atoms with van der Waals surface area (Å²) >= 11 is 0. The SMILES string of the molecule is CC(=O)OC1CCC[C@]2(C)O[C@@H]12. The van der Waals surface area contributed by atoms with Gasteiger partial charge in [-0.05, 0) is 26.2 Å². The van der Waals surface area contributed by atoms with Crippen LogP contribution in [0.1, 0.15) is 33.1 Å². The van der Waals surface area contributed by atoms with Gasteiger partial charge in [0.2, 0.25) is 0 Å². The molecule has 0 N–H and O–H groups in total. The fourth-order valence-electron chi connectivity index (χ4n) is 2.07. The average Bonchev–Trinajstić information content (AvgIpc) is 2.61. The van der Waals surface area contributed by atoms with Crippen molar-refractivity contribution < 1.29 is 14.3 Å². The highest BCUT2D eigenvalue weighted by Gasteiger charge is 2.59. The Morgan fingerprint density at radius 1 is 1.67 bits per heavy atom. The van der Waals surface area contributed by atoms with Crippen molar-refractivity contribution in [3.8, 4) is 0 Å². The van der Waals surface area contributed by atoms with Crippen LogP contribution in [-0.2, 0) is 14.3 Å². The van der Waals surface area contributed by atoms with Gasteiger partial charge in [-0.2, -0.15) is 0 Å². The first-order valence-electron chi connectivity index (χ1n) is 4.47. The second kappa shape index (κ2) is 2.46. The molecule has 0 aromatic heterocycles. The fraction of sp³-hybridized carbons (Fsp3) is 0.889. The van der Waals surface area contributed by atoms with E-state index in [9.17, 15) is 4.79 Å². The van der Waals surface area contributed by atoms with E-state index in [0.717, 1.165) is 19.3 Å². The second-order valence-corrected chi connectivity index (χ2v) is 3.89. The van der Waals surface area contributed by atoms with Gasteiger partial charge in [0.15, 0.2) is 0 Å². The predicted octanol–water partition coefficient (Wildman–Crippen LogP) is 1.26. The lowest BCUT2D eigenvalue weighted by atomic mass is 9.89. The molecule has 2 rings (SSSR count). The van der Waals surface area contributed by atoms with Gasteiger partial charge in [-0.15, -0.1) is 0 Å². The maximum atomic E-state index is 10.7. The van der Waals surface area contributed by atoms with Crippen molar-refractivity contribution in [2.24, 2.45) is 0 Å². The molecule has 3 atom stereocenters.